The minimum absolute atomic E-state index is 0.238. The average Bonchev–Trinajstić information content (AvgIpc) is 3.07. The van der Waals surface area contributed by atoms with Gasteiger partial charge >= 0.3 is 0 Å². The van der Waals surface area contributed by atoms with Crippen molar-refractivity contribution in [1.29, 1.82) is 5.26 Å². The second-order valence-electron chi connectivity index (χ2n) is 7.69. The molecule has 3 heteroatoms. The highest BCUT2D eigenvalue weighted by Gasteiger charge is 2.43. The Hall–Kier alpha value is -0.590. The number of hydrogen-bond donors (Lipinski definition) is 1. The summed E-state index contributed by atoms with van der Waals surface area (Å²) in [6.07, 6.45) is 5.92. The topological polar surface area (TPSA) is 39.1 Å². The molecule has 19 heavy (non-hydrogen) atoms. The number of piperidine rings is 1. The predicted molar refractivity (Wildman–Crippen MR) is 78.8 cm³/mol. The molecule has 0 aromatic heterocycles. The van der Waals surface area contributed by atoms with Gasteiger partial charge in [-0.3, -0.25) is 0 Å². The van der Waals surface area contributed by atoms with E-state index in [9.17, 15) is 0 Å². The number of rotatable bonds is 5. The number of nitrogens with zero attached hydrogens (tertiary/aromatic N) is 2. The molecule has 0 unspecified atom stereocenters. The van der Waals surface area contributed by atoms with E-state index in [4.69, 9.17) is 5.26 Å². The van der Waals surface area contributed by atoms with Gasteiger partial charge in [0.15, 0.2) is 0 Å². The first-order valence-corrected chi connectivity index (χ1v) is 7.77. The molecule has 1 aliphatic carbocycles. The molecule has 1 heterocycles. The molecule has 3 nitrogen and oxygen atoms in total. The van der Waals surface area contributed by atoms with Gasteiger partial charge < -0.3 is 10.2 Å². The molecular weight excluding hydrogens is 234 g/mol. The summed E-state index contributed by atoms with van der Waals surface area (Å²) in [7, 11) is 0. The van der Waals surface area contributed by atoms with Crippen molar-refractivity contribution in [3.05, 3.63) is 0 Å². The summed E-state index contributed by atoms with van der Waals surface area (Å²) in [4.78, 5) is 2.60. The van der Waals surface area contributed by atoms with Gasteiger partial charge in [0.05, 0.1) is 6.07 Å². The summed E-state index contributed by atoms with van der Waals surface area (Å²) < 4.78 is 0. The minimum Gasteiger partial charge on any atom is -0.312 e. The molecule has 2 fully saturated rings. The lowest BCUT2D eigenvalue weighted by Crippen LogP contribution is -2.44. The van der Waals surface area contributed by atoms with Gasteiger partial charge in [-0.15, -0.1) is 0 Å². The van der Waals surface area contributed by atoms with Crippen molar-refractivity contribution >= 4 is 0 Å². The Morgan fingerprint density at radius 2 is 1.89 bits per heavy atom. The monoisotopic (exact) mass is 263 g/mol. The van der Waals surface area contributed by atoms with E-state index in [1.807, 2.05) is 0 Å². The van der Waals surface area contributed by atoms with Gasteiger partial charge in [-0.1, -0.05) is 0 Å². The van der Waals surface area contributed by atoms with Crippen LogP contribution in [0.5, 0.6) is 0 Å². The summed E-state index contributed by atoms with van der Waals surface area (Å²) in [5.74, 6) is 0.835. The van der Waals surface area contributed by atoms with Gasteiger partial charge in [-0.25, -0.2) is 0 Å². The van der Waals surface area contributed by atoms with Crippen LogP contribution < -0.4 is 5.32 Å². The first-order valence-electron chi connectivity index (χ1n) is 7.77. The number of likely N-dealkylation sites (tertiary alicyclic amines) is 1. The van der Waals surface area contributed by atoms with Crippen molar-refractivity contribution in [2.75, 3.05) is 26.2 Å². The highest BCUT2D eigenvalue weighted by atomic mass is 15.1. The largest absolute Gasteiger partial charge is 0.312 e. The lowest BCUT2D eigenvalue weighted by molar-refractivity contribution is 0.149. The molecule has 0 amide bonds. The zero-order valence-electron chi connectivity index (χ0n) is 12.8. The Morgan fingerprint density at radius 3 is 2.37 bits per heavy atom. The first-order chi connectivity index (χ1) is 8.92. The van der Waals surface area contributed by atoms with Crippen LogP contribution in [0.2, 0.25) is 0 Å². The molecule has 0 radical (unpaired) electrons. The molecule has 1 saturated heterocycles. The summed E-state index contributed by atoms with van der Waals surface area (Å²) in [5, 5.41) is 12.5. The maximum Gasteiger partial charge on any atom is 0.0628 e. The molecule has 0 bridgehead atoms. The van der Waals surface area contributed by atoms with Gasteiger partial charge in [-0.05, 0) is 77.4 Å². The van der Waals surface area contributed by atoms with E-state index >= 15 is 0 Å². The van der Waals surface area contributed by atoms with E-state index in [0.29, 0.717) is 5.41 Å². The van der Waals surface area contributed by atoms with Crippen LogP contribution >= 0.6 is 0 Å². The Bertz CT molecular complexity index is 325. The van der Waals surface area contributed by atoms with E-state index in [0.717, 1.165) is 18.9 Å². The van der Waals surface area contributed by atoms with E-state index < -0.39 is 0 Å². The Morgan fingerprint density at radius 1 is 1.26 bits per heavy atom. The molecule has 108 valence electrons. The van der Waals surface area contributed by atoms with Crippen LogP contribution in [0.4, 0.5) is 0 Å². The highest BCUT2D eigenvalue weighted by molar-refractivity contribution is 5.01. The van der Waals surface area contributed by atoms with Crippen LogP contribution in [0.25, 0.3) is 0 Å². The predicted octanol–water partition coefficient (Wildman–Crippen LogP) is 2.78. The Balaban J connectivity index is 1.67. The fraction of sp³-hybridized carbons (Fsp3) is 0.938. The van der Waals surface area contributed by atoms with Crippen molar-refractivity contribution in [2.45, 2.75) is 58.4 Å². The van der Waals surface area contributed by atoms with Crippen molar-refractivity contribution < 1.29 is 0 Å². The molecule has 0 aromatic rings. The lowest BCUT2D eigenvalue weighted by atomic mass is 9.93. The summed E-state index contributed by atoms with van der Waals surface area (Å²) in [6.45, 7) is 11.5. The van der Waals surface area contributed by atoms with Crippen molar-refractivity contribution in [3.8, 4) is 6.07 Å². The number of nitriles is 1. The van der Waals surface area contributed by atoms with E-state index in [1.165, 1.54) is 45.3 Å². The fourth-order valence-electron chi connectivity index (χ4n) is 3.01. The van der Waals surface area contributed by atoms with Crippen molar-refractivity contribution in [2.24, 2.45) is 11.3 Å². The third kappa shape index (κ3) is 4.78. The third-order valence-corrected chi connectivity index (χ3v) is 4.60. The van der Waals surface area contributed by atoms with Crippen molar-refractivity contribution in [3.63, 3.8) is 0 Å². The van der Waals surface area contributed by atoms with Gasteiger partial charge in [0.25, 0.3) is 0 Å². The average molecular weight is 263 g/mol. The number of nitrogens with one attached hydrogen (secondary N) is 1. The van der Waals surface area contributed by atoms with Gasteiger partial charge in [0, 0.05) is 18.5 Å². The standard InChI is InChI=1S/C16H29N3/c1-15(2,3)18-12-14-4-10-19(11-5-14)13-16(6-7-16)8-9-17/h14,18H,4-8,10-13H2,1-3H3. The minimum atomic E-state index is 0.238. The maximum absolute atomic E-state index is 8.88. The molecule has 1 N–H and O–H groups in total. The SMILES string of the molecule is CC(C)(C)NCC1CCN(CC2(CC#N)CC2)CC1. The smallest absolute Gasteiger partial charge is 0.0628 e. The van der Waals surface area contributed by atoms with Crippen LogP contribution in [0.3, 0.4) is 0 Å². The van der Waals surface area contributed by atoms with E-state index in [2.05, 4.69) is 37.1 Å². The molecule has 2 rings (SSSR count). The van der Waals surface area contributed by atoms with Crippen LogP contribution in [0.15, 0.2) is 0 Å². The molecule has 1 saturated carbocycles. The van der Waals surface area contributed by atoms with Crippen LogP contribution in [0.1, 0.15) is 52.9 Å². The zero-order chi connectivity index (χ0) is 13.9. The first kappa shape index (κ1) is 14.8. The van der Waals surface area contributed by atoms with Crippen LogP contribution in [-0.4, -0.2) is 36.6 Å². The van der Waals surface area contributed by atoms with Gasteiger partial charge in [0.1, 0.15) is 0 Å². The third-order valence-electron chi connectivity index (χ3n) is 4.60. The molecular formula is C16H29N3. The molecule has 2 aliphatic rings. The molecule has 0 aromatic carbocycles. The Kier molecular flexibility index (Phi) is 4.53. The van der Waals surface area contributed by atoms with E-state index in [-0.39, 0.29) is 5.54 Å². The molecule has 0 atom stereocenters. The quantitative estimate of drug-likeness (QED) is 0.829. The summed E-state index contributed by atoms with van der Waals surface area (Å²) in [6, 6.07) is 2.37. The number of hydrogen-bond acceptors (Lipinski definition) is 3. The van der Waals surface area contributed by atoms with Crippen LogP contribution in [0, 0.1) is 22.7 Å². The van der Waals surface area contributed by atoms with Crippen LogP contribution in [-0.2, 0) is 0 Å². The van der Waals surface area contributed by atoms with Gasteiger partial charge in [0.2, 0.25) is 0 Å². The molecule has 1 aliphatic heterocycles. The summed E-state index contributed by atoms with van der Waals surface area (Å²) in [5.41, 5.74) is 0.618. The van der Waals surface area contributed by atoms with Crippen molar-refractivity contribution in [1.82, 2.24) is 10.2 Å². The molecule has 0 spiro atoms. The summed E-state index contributed by atoms with van der Waals surface area (Å²) >= 11 is 0. The highest BCUT2D eigenvalue weighted by Crippen LogP contribution is 2.49. The maximum atomic E-state index is 8.88. The normalized spacial score (nSPS) is 24.1. The zero-order valence-corrected chi connectivity index (χ0v) is 12.8. The van der Waals surface area contributed by atoms with E-state index in [1.54, 1.807) is 0 Å². The second-order valence-corrected chi connectivity index (χ2v) is 7.69. The second kappa shape index (κ2) is 5.81. The van der Waals surface area contributed by atoms with Gasteiger partial charge in [-0.2, -0.15) is 5.26 Å². The lowest BCUT2D eigenvalue weighted by Gasteiger charge is -2.35. The Labute approximate surface area is 118 Å². The fourth-order valence-corrected chi connectivity index (χ4v) is 3.01.